The topological polar surface area (TPSA) is 85.1 Å². The summed E-state index contributed by atoms with van der Waals surface area (Å²) < 4.78 is 40.6. The van der Waals surface area contributed by atoms with Crippen LogP contribution in [0.15, 0.2) is 41.4 Å². The van der Waals surface area contributed by atoms with Crippen LogP contribution in [0.25, 0.3) is 0 Å². The molecule has 7 heteroatoms. The summed E-state index contributed by atoms with van der Waals surface area (Å²) in [6.07, 6.45) is 1.47. The zero-order valence-electron chi connectivity index (χ0n) is 10.8. The molecule has 3 N–H and O–H groups in total. The number of nitrogens with two attached hydrogens (primary N) is 1. The van der Waals surface area contributed by atoms with Crippen LogP contribution in [-0.2, 0) is 16.6 Å². The minimum atomic E-state index is -3.93. The van der Waals surface area contributed by atoms with E-state index in [1.54, 1.807) is 19.1 Å². The Kier molecular flexibility index (Phi) is 4.01. The standard InChI is InChI=1S/C13H14FN3O2S/c1-9-4-3-7-16-13(9)17-20(18,19)12-6-2-5-11(14)10(12)8-15/h2-7H,8,15H2,1H3,(H,16,17). The van der Waals surface area contributed by atoms with Crippen LogP contribution < -0.4 is 10.5 Å². The van der Waals surface area contributed by atoms with Crippen molar-refractivity contribution in [1.29, 1.82) is 0 Å². The van der Waals surface area contributed by atoms with E-state index >= 15 is 0 Å². The first-order chi connectivity index (χ1) is 9.45. The number of nitrogens with one attached hydrogen (secondary N) is 1. The number of benzene rings is 1. The van der Waals surface area contributed by atoms with E-state index in [2.05, 4.69) is 9.71 Å². The second kappa shape index (κ2) is 5.56. The van der Waals surface area contributed by atoms with Crippen molar-refractivity contribution >= 4 is 15.8 Å². The lowest BCUT2D eigenvalue weighted by Crippen LogP contribution is -2.18. The number of rotatable bonds is 4. The van der Waals surface area contributed by atoms with E-state index in [0.717, 1.165) is 0 Å². The second-order valence-electron chi connectivity index (χ2n) is 4.20. The molecule has 0 fully saturated rings. The minimum absolute atomic E-state index is 0.0476. The normalized spacial score (nSPS) is 11.3. The van der Waals surface area contributed by atoms with Gasteiger partial charge in [0.15, 0.2) is 0 Å². The molecule has 0 saturated heterocycles. The number of halogens is 1. The Bertz CT molecular complexity index is 732. The molecule has 20 heavy (non-hydrogen) atoms. The van der Waals surface area contributed by atoms with Gasteiger partial charge in [0.2, 0.25) is 0 Å². The van der Waals surface area contributed by atoms with Crippen LogP contribution in [0.3, 0.4) is 0 Å². The quantitative estimate of drug-likeness (QED) is 0.900. The highest BCUT2D eigenvalue weighted by atomic mass is 32.2. The monoisotopic (exact) mass is 295 g/mol. The third kappa shape index (κ3) is 2.78. The van der Waals surface area contributed by atoms with Crippen molar-refractivity contribution in [3.05, 3.63) is 53.5 Å². The molecule has 0 bridgehead atoms. The molecule has 0 aliphatic heterocycles. The van der Waals surface area contributed by atoms with Gasteiger partial charge in [-0.05, 0) is 30.7 Å². The summed E-state index contributed by atoms with van der Waals surface area (Å²) in [5.41, 5.74) is 6.04. The summed E-state index contributed by atoms with van der Waals surface area (Å²) in [6, 6.07) is 7.23. The Labute approximate surface area is 116 Å². The first-order valence-electron chi connectivity index (χ1n) is 5.87. The lowest BCUT2D eigenvalue weighted by atomic mass is 10.2. The van der Waals surface area contributed by atoms with Gasteiger partial charge in [-0.15, -0.1) is 0 Å². The molecule has 2 aromatic rings. The van der Waals surface area contributed by atoms with Crippen molar-refractivity contribution in [3.63, 3.8) is 0 Å². The first kappa shape index (κ1) is 14.4. The van der Waals surface area contributed by atoms with Crippen LogP contribution in [0.4, 0.5) is 10.2 Å². The van der Waals surface area contributed by atoms with Crippen LogP contribution in [-0.4, -0.2) is 13.4 Å². The van der Waals surface area contributed by atoms with Crippen LogP contribution in [0.2, 0.25) is 0 Å². The molecule has 0 aliphatic rings. The van der Waals surface area contributed by atoms with Crippen molar-refractivity contribution in [1.82, 2.24) is 4.98 Å². The minimum Gasteiger partial charge on any atom is -0.326 e. The zero-order valence-corrected chi connectivity index (χ0v) is 11.6. The SMILES string of the molecule is Cc1cccnc1NS(=O)(=O)c1cccc(F)c1CN. The summed E-state index contributed by atoms with van der Waals surface area (Å²) in [5, 5.41) is 0. The average Bonchev–Trinajstić information content (AvgIpc) is 2.41. The maximum Gasteiger partial charge on any atom is 0.263 e. The van der Waals surface area contributed by atoms with Crippen molar-refractivity contribution < 1.29 is 12.8 Å². The van der Waals surface area contributed by atoms with E-state index < -0.39 is 15.8 Å². The van der Waals surface area contributed by atoms with Crippen molar-refractivity contribution in [2.45, 2.75) is 18.4 Å². The van der Waals surface area contributed by atoms with E-state index in [1.165, 1.54) is 24.4 Å². The van der Waals surface area contributed by atoms with Gasteiger partial charge < -0.3 is 5.73 Å². The molecule has 0 spiro atoms. The molecule has 0 saturated carbocycles. The molecule has 0 aliphatic carbocycles. The number of anilines is 1. The number of hydrogen-bond donors (Lipinski definition) is 2. The summed E-state index contributed by atoms with van der Waals surface area (Å²) >= 11 is 0. The fraction of sp³-hybridized carbons (Fsp3) is 0.154. The van der Waals surface area contributed by atoms with E-state index in [9.17, 15) is 12.8 Å². The molecule has 0 unspecified atom stereocenters. The van der Waals surface area contributed by atoms with Crippen molar-refractivity contribution in [2.75, 3.05) is 4.72 Å². The highest BCUT2D eigenvalue weighted by molar-refractivity contribution is 7.92. The number of sulfonamides is 1. The largest absolute Gasteiger partial charge is 0.326 e. The Morgan fingerprint density at radius 1 is 1.30 bits per heavy atom. The van der Waals surface area contributed by atoms with Crippen LogP contribution in [0.1, 0.15) is 11.1 Å². The zero-order chi connectivity index (χ0) is 14.8. The van der Waals surface area contributed by atoms with Gasteiger partial charge in [-0.2, -0.15) is 0 Å². The van der Waals surface area contributed by atoms with Crippen molar-refractivity contribution in [3.8, 4) is 0 Å². The lowest BCUT2D eigenvalue weighted by molar-refractivity contribution is 0.585. The average molecular weight is 295 g/mol. The van der Waals surface area contributed by atoms with Gasteiger partial charge in [-0.1, -0.05) is 12.1 Å². The second-order valence-corrected chi connectivity index (χ2v) is 5.85. The van der Waals surface area contributed by atoms with Crippen LogP contribution >= 0.6 is 0 Å². The molecule has 5 nitrogen and oxygen atoms in total. The number of pyridine rings is 1. The molecule has 1 aromatic heterocycles. The van der Waals surface area contributed by atoms with Gasteiger partial charge >= 0.3 is 0 Å². The Morgan fingerprint density at radius 2 is 2.05 bits per heavy atom. The Balaban J connectivity index is 2.47. The van der Waals surface area contributed by atoms with Crippen LogP contribution in [0, 0.1) is 12.7 Å². The lowest BCUT2D eigenvalue weighted by Gasteiger charge is -2.12. The molecule has 0 amide bonds. The molecule has 2 rings (SSSR count). The third-order valence-corrected chi connectivity index (χ3v) is 4.23. The van der Waals surface area contributed by atoms with Gasteiger partial charge in [0.25, 0.3) is 10.0 Å². The maximum atomic E-state index is 13.6. The molecule has 1 heterocycles. The highest BCUT2D eigenvalue weighted by Gasteiger charge is 2.21. The van der Waals surface area contributed by atoms with Gasteiger partial charge in [0.1, 0.15) is 11.6 Å². The first-order valence-corrected chi connectivity index (χ1v) is 7.36. The summed E-state index contributed by atoms with van der Waals surface area (Å²) in [7, 11) is -3.93. The molecule has 0 atom stereocenters. The smallest absolute Gasteiger partial charge is 0.263 e. The van der Waals surface area contributed by atoms with Gasteiger partial charge in [-0.3, -0.25) is 4.72 Å². The fourth-order valence-corrected chi connectivity index (χ4v) is 3.10. The predicted octanol–water partition coefficient (Wildman–Crippen LogP) is 1.79. The predicted molar refractivity (Wildman–Crippen MR) is 74.1 cm³/mol. The Hall–Kier alpha value is -1.99. The number of aromatic nitrogens is 1. The third-order valence-electron chi connectivity index (χ3n) is 2.81. The number of hydrogen-bond acceptors (Lipinski definition) is 4. The summed E-state index contributed by atoms with van der Waals surface area (Å²) in [5.74, 6) is -0.437. The van der Waals surface area contributed by atoms with E-state index in [-0.39, 0.29) is 22.8 Å². The maximum absolute atomic E-state index is 13.6. The molecule has 1 aromatic carbocycles. The molecule has 106 valence electrons. The molecular weight excluding hydrogens is 281 g/mol. The number of nitrogens with zero attached hydrogens (tertiary/aromatic N) is 1. The van der Waals surface area contributed by atoms with E-state index in [4.69, 9.17) is 5.73 Å². The van der Waals surface area contributed by atoms with Gasteiger partial charge in [0.05, 0.1) is 4.90 Å². The van der Waals surface area contributed by atoms with Gasteiger partial charge in [-0.25, -0.2) is 17.8 Å². The van der Waals surface area contributed by atoms with Crippen LogP contribution in [0.5, 0.6) is 0 Å². The van der Waals surface area contributed by atoms with E-state index in [0.29, 0.717) is 5.56 Å². The summed E-state index contributed by atoms with van der Waals surface area (Å²) in [4.78, 5) is 3.78. The van der Waals surface area contributed by atoms with E-state index in [1.807, 2.05) is 0 Å². The fourth-order valence-electron chi connectivity index (χ4n) is 1.76. The van der Waals surface area contributed by atoms with Crippen molar-refractivity contribution in [2.24, 2.45) is 5.73 Å². The summed E-state index contributed by atoms with van der Waals surface area (Å²) in [6.45, 7) is 1.52. The Morgan fingerprint density at radius 3 is 2.70 bits per heavy atom. The molecule has 0 radical (unpaired) electrons. The van der Waals surface area contributed by atoms with Gasteiger partial charge in [0, 0.05) is 18.3 Å². The molecular formula is C13H14FN3O2S. The highest BCUT2D eigenvalue weighted by Crippen LogP contribution is 2.22. The number of aryl methyl sites for hydroxylation is 1.